The number of morpholine rings is 1. The Labute approximate surface area is 118 Å². The SMILES string of the molecule is Cc1cccc(-c2noc(CN3CCOC(C)C3)n2)c1. The molecule has 1 unspecified atom stereocenters. The zero-order chi connectivity index (χ0) is 13.9. The molecule has 1 atom stereocenters. The van der Waals surface area contributed by atoms with Crippen LogP contribution < -0.4 is 0 Å². The number of nitrogens with zero attached hydrogens (tertiary/aromatic N) is 3. The van der Waals surface area contributed by atoms with Crippen LogP contribution in [-0.4, -0.2) is 40.8 Å². The van der Waals surface area contributed by atoms with Crippen LogP contribution in [0.25, 0.3) is 11.4 Å². The van der Waals surface area contributed by atoms with Crippen molar-refractivity contribution >= 4 is 0 Å². The van der Waals surface area contributed by atoms with Crippen LogP contribution in [0.4, 0.5) is 0 Å². The fourth-order valence-electron chi connectivity index (χ4n) is 2.45. The molecule has 1 aromatic heterocycles. The molecular formula is C15H19N3O2. The van der Waals surface area contributed by atoms with Crippen LogP contribution >= 0.6 is 0 Å². The molecule has 1 fully saturated rings. The van der Waals surface area contributed by atoms with Gasteiger partial charge in [-0.2, -0.15) is 4.98 Å². The average Bonchev–Trinajstić information content (AvgIpc) is 2.87. The summed E-state index contributed by atoms with van der Waals surface area (Å²) in [5.41, 5.74) is 2.19. The Morgan fingerprint density at radius 2 is 2.30 bits per heavy atom. The molecule has 20 heavy (non-hydrogen) atoms. The summed E-state index contributed by atoms with van der Waals surface area (Å²) in [6.45, 7) is 7.40. The topological polar surface area (TPSA) is 51.4 Å². The number of hydrogen-bond donors (Lipinski definition) is 0. The second kappa shape index (κ2) is 5.73. The van der Waals surface area contributed by atoms with Crippen LogP contribution in [0, 0.1) is 6.92 Å². The molecule has 106 valence electrons. The van der Waals surface area contributed by atoms with Crippen molar-refractivity contribution in [1.82, 2.24) is 15.0 Å². The highest BCUT2D eigenvalue weighted by Crippen LogP contribution is 2.18. The highest BCUT2D eigenvalue weighted by Gasteiger charge is 2.19. The molecule has 0 aliphatic carbocycles. The summed E-state index contributed by atoms with van der Waals surface area (Å²) in [5, 5.41) is 4.07. The van der Waals surface area contributed by atoms with Crippen molar-refractivity contribution in [1.29, 1.82) is 0 Å². The minimum Gasteiger partial charge on any atom is -0.376 e. The highest BCUT2D eigenvalue weighted by atomic mass is 16.5. The smallest absolute Gasteiger partial charge is 0.241 e. The summed E-state index contributed by atoms with van der Waals surface area (Å²) >= 11 is 0. The van der Waals surface area contributed by atoms with E-state index < -0.39 is 0 Å². The molecule has 1 aromatic carbocycles. The third kappa shape index (κ3) is 3.05. The van der Waals surface area contributed by atoms with E-state index >= 15 is 0 Å². The first-order chi connectivity index (χ1) is 9.70. The fraction of sp³-hybridized carbons (Fsp3) is 0.467. The minimum atomic E-state index is 0.267. The Morgan fingerprint density at radius 3 is 3.10 bits per heavy atom. The van der Waals surface area contributed by atoms with Gasteiger partial charge in [0, 0.05) is 18.7 Å². The zero-order valence-electron chi connectivity index (χ0n) is 11.9. The lowest BCUT2D eigenvalue weighted by molar-refractivity contribution is -0.0240. The number of ether oxygens (including phenoxy) is 1. The summed E-state index contributed by atoms with van der Waals surface area (Å²) in [6, 6.07) is 8.12. The number of hydrogen-bond acceptors (Lipinski definition) is 5. The van der Waals surface area contributed by atoms with Crippen molar-refractivity contribution in [2.45, 2.75) is 26.5 Å². The van der Waals surface area contributed by atoms with E-state index in [1.807, 2.05) is 12.1 Å². The quantitative estimate of drug-likeness (QED) is 0.858. The molecule has 1 saturated heterocycles. The first-order valence-electron chi connectivity index (χ1n) is 6.94. The molecular weight excluding hydrogens is 254 g/mol. The van der Waals surface area contributed by atoms with Crippen molar-refractivity contribution in [3.8, 4) is 11.4 Å². The van der Waals surface area contributed by atoms with Crippen molar-refractivity contribution in [2.24, 2.45) is 0 Å². The van der Waals surface area contributed by atoms with E-state index in [4.69, 9.17) is 9.26 Å². The maximum Gasteiger partial charge on any atom is 0.241 e. The van der Waals surface area contributed by atoms with Gasteiger partial charge in [-0.25, -0.2) is 0 Å². The second-order valence-electron chi connectivity index (χ2n) is 5.30. The van der Waals surface area contributed by atoms with Gasteiger partial charge in [0.25, 0.3) is 0 Å². The molecule has 1 aliphatic rings. The van der Waals surface area contributed by atoms with Gasteiger partial charge in [0.05, 0.1) is 19.3 Å². The summed E-state index contributed by atoms with van der Waals surface area (Å²) in [6.07, 6.45) is 0.267. The molecule has 1 aliphatic heterocycles. The third-order valence-electron chi connectivity index (χ3n) is 3.43. The van der Waals surface area contributed by atoms with E-state index in [9.17, 15) is 0 Å². The van der Waals surface area contributed by atoms with Gasteiger partial charge in [0.1, 0.15) is 0 Å². The predicted molar refractivity (Wildman–Crippen MR) is 75.2 cm³/mol. The van der Waals surface area contributed by atoms with Crippen molar-refractivity contribution in [2.75, 3.05) is 19.7 Å². The van der Waals surface area contributed by atoms with Gasteiger partial charge in [0.15, 0.2) is 0 Å². The summed E-state index contributed by atoms with van der Waals surface area (Å²) < 4.78 is 10.9. The van der Waals surface area contributed by atoms with E-state index in [1.165, 1.54) is 5.56 Å². The molecule has 3 rings (SSSR count). The summed E-state index contributed by atoms with van der Waals surface area (Å²) in [4.78, 5) is 6.76. The Balaban J connectivity index is 1.70. The lowest BCUT2D eigenvalue weighted by atomic mass is 10.1. The Morgan fingerprint density at radius 1 is 1.40 bits per heavy atom. The van der Waals surface area contributed by atoms with E-state index in [0.717, 1.165) is 25.3 Å². The van der Waals surface area contributed by atoms with Crippen LogP contribution in [0.5, 0.6) is 0 Å². The van der Waals surface area contributed by atoms with Crippen LogP contribution in [0.3, 0.4) is 0 Å². The number of benzene rings is 1. The van der Waals surface area contributed by atoms with Gasteiger partial charge in [-0.05, 0) is 19.9 Å². The standard InChI is InChI=1S/C15H19N3O2/c1-11-4-3-5-13(8-11)15-16-14(20-17-15)10-18-6-7-19-12(2)9-18/h3-5,8,12H,6-7,9-10H2,1-2H3. The largest absolute Gasteiger partial charge is 0.376 e. The lowest BCUT2D eigenvalue weighted by Gasteiger charge is -2.29. The highest BCUT2D eigenvalue weighted by molar-refractivity contribution is 5.55. The molecule has 0 N–H and O–H groups in total. The lowest BCUT2D eigenvalue weighted by Crippen LogP contribution is -2.40. The number of aromatic nitrogens is 2. The molecule has 0 bridgehead atoms. The Kier molecular flexibility index (Phi) is 3.80. The summed E-state index contributed by atoms with van der Waals surface area (Å²) in [5.74, 6) is 1.32. The first-order valence-corrected chi connectivity index (χ1v) is 6.94. The van der Waals surface area contributed by atoms with Gasteiger partial charge in [-0.3, -0.25) is 4.90 Å². The predicted octanol–water partition coefficient (Wildman–Crippen LogP) is 2.27. The van der Waals surface area contributed by atoms with Crippen molar-refractivity contribution < 1.29 is 9.26 Å². The first kappa shape index (κ1) is 13.3. The summed E-state index contributed by atoms with van der Waals surface area (Å²) in [7, 11) is 0. The normalized spacial score (nSPS) is 20.2. The van der Waals surface area contributed by atoms with Crippen LogP contribution in [-0.2, 0) is 11.3 Å². The van der Waals surface area contributed by atoms with Gasteiger partial charge in [0.2, 0.25) is 11.7 Å². The van der Waals surface area contributed by atoms with Gasteiger partial charge < -0.3 is 9.26 Å². The van der Waals surface area contributed by atoms with Crippen LogP contribution in [0.15, 0.2) is 28.8 Å². The number of rotatable bonds is 3. The van der Waals surface area contributed by atoms with Crippen molar-refractivity contribution in [3.63, 3.8) is 0 Å². The van der Waals surface area contributed by atoms with Crippen LogP contribution in [0.1, 0.15) is 18.4 Å². The van der Waals surface area contributed by atoms with Gasteiger partial charge >= 0.3 is 0 Å². The molecule has 0 spiro atoms. The van der Waals surface area contributed by atoms with E-state index in [2.05, 4.69) is 41.0 Å². The molecule has 2 heterocycles. The minimum absolute atomic E-state index is 0.267. The zero-order valence-corrected chi connectivity index (χ0v) is 11.9. The molecule has 0 saturated carbocycles. The molecule has 2 aromatic rings. The molecule has 0 amide bonds. The second-order valence-corrected chi connectivity index (χ2v) is 5.30. The molecule has 5 heteroatoms. The molecule has 0 radical (unpaired) electrons. The maximum atomic E-state index is 5.53. The van der Waals surface area contributed by atoms with Gasteiger partial charge in [-0.1, -0.05) is 28.9 Å². The van der Waals surface area contributed by atoms with Gasteiger partial charge in [-0.15, -0.1) is 0 Å². The van der Waals surface area contributed by atoms with E-state index in [1.54, 1.807) is 0 Å². The molecule has 5 nitrogen and oxygen atoms in total. The van der Waals surface area contributed by atoms with Crippen molar-refractivity contribution in [3.05, 3.63) is 35.7 Å². The Hall–Kier alpha value is -1.72. The average molecular weight is 273 g/mol. The third-order valence-corrected chi connectivity index (χ3v) is 3.43. The van der Waals surface area contributed by atoms with E-state index in [0.29, 0.717) is 18.3 Å². The monoisotopic (exact) mass is 273 g/mol. The van der Waals surface area contributed by atoms with E-state index in [-0.39, 0.29) is 6.10 Å². The fourth-order valence-corrected chi connectivity index (χ4v) is 2.45. The maximum absolute atomic E-state index is 5.53. The van der Waals surface area contributed by atoms with Crippen LogP contribution in [0.2, 0.25) is 0 Å². The number of aryl methyl sites for hydroxylation is 1. The Bertz CT molecular complexity index is 582.